The van der Waals surface area contributed by atoms with Crippen molar-refractivity contribution in [1.82, 2.24) is 9.88 Å². The number of nitrogens with zero attached hydrogens (tertiary/aromatic N) is 1. The highest BCUT2D eigenvalue weighted by Gasteiger charge is 2.28. The third-order valence-corrected chi connectivity index (χ3v) is 5.28. The van der Waals surface area contributed by atoms with Crippen LogP contribution in [0.25, 0.3) is 21.9 Å². The van der Waals surface area contributed by atoms with Crippen molar-refractivity contribution in [3.05, 3.63) is 71.1 Å². The fourth-order valence-electron chi connectivity index (χ4n) is 3.60. The van der Waals surface area contributed by atoms with Gasteiger partial charge in [0.15, 0.2) is 5.78 Å². The second-order valence-electron chi connectivity index (χ2n) is 7.38. The van der Waals surface area contributed by atoms with Crippen molar-refractivity contribution < 1.29 is 23.9 Å². The third-order valence-electron chi connectivity index (χ3n) is 5.28. The number of aromatic nitrogens is 1. The molecule has 3 rings (SSSR count). The Bertz CT molecular complexity index is 1210. The first kappa shape index (κ1) is 22.9. The summed E-state index contributed by atoms with van der Waals surface area (Å²) in [6.45, 7) is 0.289. The van der Waals surface area contributed by atoms with Crippen molar-refractivity contribution in [2.24, 2.45) is 0 Å². The number of carbonyl (C=O) groups is 3. The standard InChI is InChI=1S/C24H23FN2O5/c1-2-20(23(31)26-19(13-22(29)30)21(28)14-25)27-11-10-16-8-9-17(12-18(16)24(27)32)15-6-4-3-5-7-15/h3-12,19-20H,2,13-14H2,1H3,(H,26,31)(H,29,30)/t19-,20?/m0/s1. The molecule has 2 aromatic carbocycles. The number of amides is 1. The Balaban J connectivity index is 1.97. The van der Waals surface area contributed by atoms with Crippen molar-refractivity contribution in [3.8, 4) is 11.1 Å². The summed E-state index contributed by atoms with van der Waals surface area (Å²) in [6.07, 6.45) is 0.959. The number of benzene rings is 2. The molecular formula is C24H23FN2O5. The Morgan fingerprint density at radius 1 is 1.06 bits per heavy atom. The van der Waals surface area contributed by atoms with Crippen LogP contribution in [0.1, 0.15) is 25.8 Å². The molecule has 3 aromatic rings. The van der Waals surface area contributed by atoms with Crippen LogP contribution in [-0.4, -0.2) is 40.0 Å². The Labute approximate surface area is 183 Å². The van der Waals surface area contributed by atoms with Gasteiger partial charge in [-0.05, 0) is 35.1 Å². The van der Waals surface area contributed by atoms with E-state index in [1.807, 2.05) is 42.5 Å². The van der Waals surface area contributed by atoms with E-state index in [4.69, 9.17) is 5.11 Å². The molecule has 0 bridgehead atoms. The molecule has 0 radical (unpaired) electrons. The van der Waals surface area contributed by atoms with Crippen molar-refractivity contribution in [2.45, 2.75) is 31.8 Å². The highest BCUT2D eigenvalue weighted by atomic mass is 19.1. The van der Waals surface area contributed by atoms with Crippen molar-refractivity contribution >= 4 is 28.4 Å². The molecule has 32 heavy (non-hydrogen) atoms. The largest absolute Gasteiger partial charge is 0.481 e. The van der Waals surface area contributed by atoms with Gasteiger partial charge in [0.05, 0.1) is 6.42 Å². The predicted molar refractivity (Wildman–Crippen MR) is 118 cm³/mol. The van der Waals surface area contributed by atoms with E-state index in [1.54, 1.807) is 19.1 Å². The number of rotatable bonds is 9. The number of pyridine rings is 1. The summed E-state index contributed by atoms with van der Waals surface area (Å²) >= 11 is 0. The number of Topliss-reactive ketones (excluding diaryl/α,β-unsaturated/α-hetero) is 1. The highest BCUT2D eigenvalue weighted by Crippen LogP contribution is 2.23. The van der Waals surface area contributed by atoms with Gasteiger partial charge in [-0.3, -0.25) is 19.2 Å². The molecule has 166 valence electrons. The molecule has 0 saturated carbocycles. The summed E-state index contributed by atoms with van der Waals surface area (Å²) in [6, 6.07) is 14.3. The van der Waals surface area contributed by atoms with Crippen molar-refractivity contribution in [1.29, 1.82) is 0 Å². The minimum atomic E-state index is -1.50. The fraction of sp³-hybridized carbons (Fsp3) is 0.250. The highest BCUT2D eigenvalue weighted by molar-refractivity contribution is 5.93. The lowest BCUT2D eigenvalue weighted by Gasteiger charge is -2.21. The van der Waals surface area contributed by atoms with Gasteiger partial charge in [-0.2, -0.15) is 0 Å². The minimum Gasteiger partial charge on any atom is -0.481 e. The van der Waals surface area contributed by atoms with Gasteiger partial charge in [0.2, 0.25) is 5.91 Å². The predicted octanol–water partition coefficient (Wildman–Crippen LogP) is 3.12. The Kier molecular flexibility index (Phi) is 7.14. The SMILES string of the molecule is CCC(C(=O)N[C@@H](CC(=O)O)C(=O)CF)n1ccc2ccc(-c3ccccc3)cc2c1=O. The number of ketones is 1. The normalized spacial score (nSPS) is 12.8. The summed E-state index contributed by atoms with van der Waals surface area (Å²) < 4.78 is 14.1. The first-order chi connectivity index (χ1) is 15.3. The Morgan fingerprint density at radius 3 is 2.41 bits per heavy atom. The lowest BCUT2D eigenvalue weighted by Crippen LogP contribution is -2.47. The van der Waals surface area contributed by atoms with Gasteiger partial charge in [-0.1, -0.05) is 49.4 Å². The number of aliphatic carboxylic acids is 1. The van der Waals surface area contributed by atoms with Gasteiger partial charge in [-0.15, -0.1) is 0 Å². The second-order valence-corrected chi connectivity index (χ2v) is 7.38. The monoisotopic (exact) mass is 438 g/mol. The van der Waals surface area contributed by atoms with Crippen LogP contribution in [0.3, 0.4) is 0 Å². The molecule has 0 spiro atoms. The molecule has 1 amide bonds. The molecule has 2 N–H and O–H groups in total. The zero-order chi connectivity index (χ0) is 23.3. The molecule has 2 atom stereocenters. The minimum absolute atomic E-state index is 0.208. The lowest BCUT2D eigenvalue weighted by atomic mass is 10.0. The Morgan fingerprint density at radius 2 is 1.78 bits per heavy atom. The van der Waals surface area contributed by atoms with Crippen LogP contribution in [0, 0.1) is 0 Å². The maximum absolute atomic E-state index is 13.2. The molecule has 0 fully saturated rings. The number of carbonyl (C=O) groups excluding carboxylic acids is 2. The fourth-order valence-corrected chi connectivity index (χ4v) is 3.60. The number of carboxylic acid groups (broad SMARTS) is 1. The summed E-state index contributed by atoms with van der Waals surface area (Å²) in [5.74, 6) is -3.10. The topological polar surface area (TPSA) is 105 Å². The molecule has 0 aliphatic rings. The van der Waals surface area contributed by atoms with Gasteiger partial charge in [0.25, 0.3) is 5.56 Å². The Hall–Kier alpha value is -3.81. The zero-order valence-corrected chi connectivity index (χ0v) is 17.5. The molecule has 1 heterocycles. The van der Waals surface area contributed by atoms with Crippen LogP contribution in [0.4, 0.5) is 4.39 Å². The van der Waals surface area contributed by atoms with Crippen LogP contribution < -0.4 is 10.9 Å². The van der Waals surface area contributed by atoms with Crippen LogP contribution >= 0.6 is 0 Å². The van der Waals surface area contributed by atoms with Gasteiger partial charge in [-0.25, -0.2) is 4.39 Å². The van der Waals surface area contributed by atoms with E-state index in [2.05, 4.69) is 5.32 Å². The first-order valence-electron chi connectivity index (χ1n) is 10.2. The molecule has 1 unspecified atom stereocenters. The molecule has 7 nitrogen and oxygen atoms in total. The number of carboxylic acids is 1. The number of nitrogens with one attached hydrogen (secondary N) is 1. The van der Waals surface area contributed by atoms with Gasteiger partial charge in [0.1, 0.15) is 18.8 Å². The second kappa shape index (κ2) is 10.00. The number of fused-ring (bicyclic) bond motifs is 1. The average Bonchev–Trinajstić information content (AvgIpc) is 2.80. The van der Waals surface area contributed by atoms with Gasteiger partial charge in [0, 0.05) is 11.6 Å². The molecule has 0 aliphatic heterocycles. The number of hydrogen-bond donors (Lipinski definition) is 2. The smallest absolute Gasteiger partial charge is 0.305 e. The van der Waals surface area contributed by atoms with E-state index in [9.17, 15) is 23.6 Å². The van der Waals surface area contributed by atoms with E-state index in [1.165, 1.54) is 10.8 Å². The molecule has 0 saturated heterocycles. The van der Waals surface area contributed by atoms with E-state index in [0.29, 0.717) is 10.8 Å². The summed E-state index contributed by atoms with van der Waals surface area (Å²) in [7, 11) is 0. The van der Waals surface area contributed by atoms with Crippen LogP contribution in [-0.2, 0) is 14.4 Å². The molecule has 8 heteroatoms. The first-order valence-corrected chi connectivity index (χ1v) is 10.2. The van der Waals surface area contributed by atoms with E-state index in [0.717, 1.165) is 11.1 Å². The van der Waals surface area contributed by atoms with Crippen molar-refractivity contribution in [2.75, 3.05) is 6.67 Å². The maximum Gasteiger partial charge on any atom is 0.305 e. The average molecular weight is 438 g/mol. The van der Waals surface area contributed by atoms with Crippen molar-refractivity contribution in [3.63, 3.8) is 0 Å². The van der Waals surface area contributed by atoms with E-state index in [-0.39, 0.29) is 6.42 Å². The number of alkyl halides is 1. The van der Waals surface area contributed by atoms with Gasteiger partial charge < -0.3 is 15.0 Å². The molecular weight excluding hydrogens is 415 g/mol. The third kappa shape index (κ3) is 4.91. The lowest BCUT2D eigenvalue weighted by molar-refractivity contribution is -0.140. The summed E-state index contributed by atoms with van der Waals surface area (Å²) in [5, 5.41) is 12.4. The van der Waals surface area contributed by atoms with Crippen LogP contribution in [0.15, 0.2) is 65.6 Å². The van der Waals surface area contributed by atoms with E-state index < -0.39 is 48.4 Å². The number of hydrogen-bond acceptors (Lipinski definition) is 4. The molecule has 0 aliphatic carbocycles. The summed E-state index contributed by atoms with van der Waals surface area (Å²) in [4.78, 5) is 48.8. The van der Waals surface area contributed by atoms with Crippen LogP contribution in [0.5, 0.6) is 0 Å². The van der Waals surface area contributed by atoms with Crippen LogP contribution in [0.2, 0.25) is 0 Å². The summed E-state index contributed by atoms with van der Waals surface area (Å²) in [5.41, 5.74) is 1.39. The quantitative estimate of drug-likeness (QED) is 0.534. The maximum atomic E-state index is 13.2. The number of halogens is 1. The molecule has 1 aromatic heterocycles. The van der Waals surface area contributed by atoms with E-state index >= 15 is 0 Å². The zero-order valence-electron chi connectivity index (χ0n) is 17.5. The van der Waals surface area contributed by atoms with Gasteiger partial charge >= 0.3 is 5.97 Å².